The maximum Gasteiger partial charge on any atom is 0.271 e. The highest BCUT2D eigenvalue weighted by Gasteiger charge is 2.24. The monoisotopic (exact) mass is 279 g/mol. The van der Waals surface area contributed by atoms with Gasteiger partial charge in [-0.25, -0.2) is 0 Å². The van der Waals surface area contributed by atoms with Crippen molar-refractivity contribution in [2.24, 2.45) is 0 Å². The van der Waals surface area contributed by atoms with E-state index < -0.39 is 0 Å². The second kappa shape index (κ2) is 5.94. The standard InChI is InChI=1S/C13H21N5O2/c1-3-18-12(10(14)7-15-18)13(20)16-9(2)8-17-6-4-5-11(17)19/h7,9H,3-6,8,14H2,1-2H3,(H,16,20). The van der Waals surface area contributed by atoms with Gasteiger partial charge in [-0.2, -0.15) is 5.10 Å². The minimum absolute atomic E-state index is 0.121. The SMILES string of the molecule is CCn1ncc(N)c1C(=O)NC(C)CN1CCCC1=O. The van der Waals surface area contributed by atoms with Crippen LogP contribution in [0, 0.1) is 0 Å². The van der Waals surface area contributed by atoms with Crippen LogP contribution < -0.4 is 11.1 Å². The minimum atomic E-state index is -0.249. The number of hydrogen-bond donors (Lipinski definition) is 2. The van der Waals surface area contributed by atoms with E-state index in [0.717, 1.165) is 13.0 Å². The van der Waals surface area contributed by atoms with E-state index in [0.29, 0.717) is 30.9 Å². The zero-order valence-corrected chi connectivity index (χ0v) is 11.9. The third kappa shape index (κ3) is 2.92. The highest BCUT2D eigenvalue weighted by molar-refractivity contribution is 5.97. The Hall–Kier alpha value is -2.05. The summed E-state index contributed by atoms with van der Waals surface area (Å²) in [5.74, 6) is -0.0924. The molecule has 110 valence electrons. The second-order valence-corrected chi connectivity index (χ2v) is 5.08. The highest BCUT2D eigenvalue weighted by atomic mass is 16.2. The molecule has 0 radical (unpaired) electrons. The average molecular weight is 279 g/mol. The van der Waals surface area contributed by atoms with E-state index in [4.69, 9.17) is 5.73 Å². The van der Waals surface area contributed by atoms with E-state index >= 15 is 0 Å². The number of aromatic nitrogens is 2. The van der Waals surface area contributed by atoms with Gasteiger partial charge in [0.2, 0.25) is 5.91 Å². The molecule has 1 fully saturated rings. The molecule has 1 unspecified atom stereocenters. The Labute approximate surface area is 118 Å². The fourth-order valence-corrected chi connectivity index (χ4v) is 2.45. The molecule has 0 spiro atoms. The van der Waals surface area contributed by atoms with E-state index in [1.807, 2.05) is 13.8 Å². The second-order valence-electron chi connectivity index (χ2n) is 5.08. The summed E-state index contributed by atoms with van der Waals surface area (Å²) in [7, 11) is 0. The topological polar surface area (TPSA) is 93.2 Å². The number of likely N-dealkylation sites (tertiary alicyclic amines) is 1. The molecule has 7 heteroatoms. The van der Waals surface area contributed by atoms with Crippen LogP contribution in [0.25, 0.3) is 0 Å². The predicted molar refractivity (Wildman–Crippen MR) is 75.1 cm³/mol. The van der Waals surface area contributed by atoms with Crippen molar-refractivity contribution in [1.29, 1.82) is 0 Å². The van der Waals surface area contributed by atoms with Crippen molar-refractivity contribution < 1.29 is 9.59 Å². The number of nitrogens with zero attached hydrogens (tertiary/aromatic N) is 3. The number of amides is 2. The van der Waals surface area contributed by atoms with Crippen LogP contribution in [0.4, 0.5) is 5.69 Å². The van der Waals surface area contributed by atoms with Crippen LogP contribution in [0.3, 0.4) is 0 Å². The molecule has 1 atom stereocenters. The van der Waals surface area contributed by atoms with E-state index in [9.17, 15) is 9.59 Å². The van der Waals surface area contributed by atoms with Crippen molar-refractivity contribution in [3.63, 3.8) is 0 Å². The van der Waals surface area contributed by atoms with Gasteiger partial charge in [-0.3, -0.25) is 14.3 Å². The molecule has 1 aromatic heterocycles. The number of nitrogens with one attached hydrogen (secondary N) is 1. The number of nitrogen functional groups attached to an aromatic ring is 1. The number of anilines is 1. The summed E-state index contributed by atoms with van der Waals surface area (Å²) < 4.78 is 1.57. The number of aryl methyl sites for hydroxylation is 1. The van der Waals surface area contributed by atoms with Crippen molar-refractivity contribution >= 4 is 17.5 Å². The summed E-state index contributed by atoms with van der Waals surface area (Å²) in [6.07, 6.45) is 2.98. The number of carbonyl (C=O) groups excluding carboxylic acids is 2. The summed E-state index contributed by atoms with van der Waals surface area (Å²) in [6, 6.07) is -0.121. The molecule has 1 saturated heterocycles. The molecule has 2 rings (SSSR count). The molecule has 7 nitrogen and oxygen atoms in total. The van der Waals surface area contributed by atoms with Crippen molar-refractivity contribution in [3.8, 4) is 0 Å². The molecule has 0 bridgehead atoms. The van der Waals surface area contributed by atoms with Gasteiger partial charge in [0.1, 0.15) is 5.69 Å². The molecule has 1 aliphatic heterocycles. The maximum absolute atomic E-state index is 12.2. The number of rotatable bonds is 5. The van der Waals surface area contributed by atoms with Gasteiger partial charge >= 0.3 is 0 Å². The first-order chi connectivity index (χ1) is 9.52. The van der Waals surface area contributed by atoms with Gasteiger partial charge in [-0.05, 0) is 20.3 Å². The lowest BCUT2D eigenvalue weighted by Crippen LogP contribution is -2.43. The van der Waals surface area contributed by atoms with Crippen LogP contribution in [-0.4, -0.2) is 45.6 Å². The van der Waals surface area contributed by atoms with Crippen LogP contribution in [-0.2, 0) is 11.3 Å². The molecule has 2 heterocycles. The molecule has 0 aliphatic carbocycles. The van der Waals surface area contributed by atoms with Crippen LogP contribution in [0.2, 0.25) is 0 Å². The smallest absolute Gasteiger partial charge is 0.271 e. The summed E-state index contributed by atoms with van der Waals surface area (Å²) in [5, 5.41) is 6.92. The fourth-order valence-electron chi connectivity index (χ4n) is 2.45. The van der Waals surface area contributed by atoms with Gasteiger partial charge in [0.25, 0.3) is 5.91 Å². The molecule has 3 N–H and O–H groups in total. The zero-order chi connectivity index (χ0) is 14.7. The summed E-state index contributed by atoms with van der Waals surface area (Å²) in [6.45, 7) is 5.67. The Kier molecular flexibility index (Phi) is 4.26. The Balaban J connectivity index is 1.96. The Morgan fingerprint density at radius 3 is 2.95 bits per heavy atom. The van der Waals surface area contributed by atoms with Gasteiger partial charge in [0.05, 0.1) is 11.9 Å². The molecule has 0 saturated carbocycles. The molecule has 20 heavy (non-hydrogen) atoms. The number of carbonyl (C=O) groups is 2. The molecular weight excluding hydrogens is 258 g/mol. The molecule has 1 aliphatic rings. The first-order valence-corrected chi connectivity index (χ1v) is 6.92. The Morgan fingerprint density at radius 1 is 1.60 bits per heavy atom. The van der Waals surface area contributed by atoms with Crippen LogP contribution >= 0.6 is 0 Å². The fraction of sp³-hybridized carbons (Fsp3) is 0.615. The van der Waals surface area contributed by atoms with Crippen molar-refractivity contribution in [2.45, 2.75) is 39.3 Å². The van der Waals surface area contributed by atoms with Crippen LogP contribution in [0.1, 0.15) is 37.2 Å². The highest BCUT2D eigenvalue weighted by Crippen LogP contribution is 2.12. The Bertz CT molecular complexity index is 511. The van der Waals surface area contributed by atoms with Crippen molar-refractivity contribution in [1.82, 2.24) is 20.0 Å². The normalized spacial score (nSPS) is 16.5. The lowest BCUT2D eigenvalue weighted by Gasteiger charge is -2.21. The molecule has 0 aromatic carbocycles. The van der Waals surface area contributed by atoms with Gasteiger partial charge in [0, 0.05) is 32.1 Å². The van der Waals surface area contributed by atoms with Crippen molar-refractivity contribution in [2.75, 3.05) is 18.8 Å². The van der Waals surface area contributed by atoms with Gasteiger partial charge in [-0.15, -0.1) is 0 Å². The summed E-state index contributed by atoms with van der Waals surface area (Å²) in [4.78, 5) is 25.6. The van der Waals surface area contributed by atoms with Gasteiger partial charge < -0.3 is 16.0 Å². The van der Waals surface area contributed by atoms with Crippen molar-refractivity contribution in [3.05, 3.63) is 11.9 Å². The van der Waals surface area contributed by atoms with Gasteiger partial charge in [-0.1, -0.05) is 0 Å². The minimum Gasteiger partial charge on any atom is -0.396 e. The maximum atomic E-state index is 12.2. The van der Waals surface area contributed by atoms with Crippen LogP contribution in [0.5, 0.6) is 0 Å². The number of nitrogens with two attached hydrogens (primary N) is 1. The molecule has 1 aromatic rings. The van der Waals surface area contributed by atoms with Crippen LogP contribution in [0.15, 0.2) is 6.20 Å². The molecular formula is C13H21N5O2. The lowest BCUT2D eigenvalue weighted by atomic mass is 10.2. The van der Waals surface area contributed by atoms with E-state index in [1.165, 1.54) is 6.20 Å². The van der Waals surface area contributed by atoms with E-state index in [-0.39, 0.29) is 17.9 Å². The first kappa shape index (κ1) is 14.4. The first-order valence-electron chi connectivity index (χ1n) is 6.92. The number of hydrogen-bond acceptors (Lipinski definition) is 4. The molecule has 2 amide bonds. The lowest BCUT2D eigenvalue weighted by molar-refractivity contribution is -0.127. The third-order valence-corrected chi connectivity index (χ3v) is 3.43. The predicted octanol–water partition coefficient (Wildman–Crippen LogP) is 0.226. The zero-order valence-electron chi connectivity index (χ0n) is 11.9. The Morgan fingerprint density at radius 2 is 2.35 bits per heavy atom. The largest absolute Gasteiger partial charge is 0.396 e. The van der Waals surface area contributed by atoms with Gasteiger partial charge in [0.15, 0.2) is 0 Å². The summed E-state index contributed by atoms with van der Waals surface area (Å²) in [5.41, 5.74) is 6.52. The van der Waals surface area contributed by atoms with E-state index in [2.05, 4.69) is 10.4 Å². The average Bonchev–Trinajstić information content (AvgIpc) is 2.96. The summed E-state index contributed by atoms with van der Waals surface area (Å²) >= 11 is 0. The van der Waals surface area contributed by atoms with E-state index in [1.54, 1.807) is 9.58 Å². The quantitative estimate of drug-likeness (QED) is 0.806. The third-order valence-electron chi connectivity index (χ3n) is 3.43.